The van der Waals surface area contributed by atoms with Gasteiger partial charge in [0.15, 0.2) is 0 Å². The summed E-state index contributed by atoms with van der Waals surface area (Å²) < 4.78 is 6.71. The molecule has 0 aliphatic heterocycles. The van der Waals surface area contributed by atoms with Crippen molar-refractivity contribution in [3.05, 3.63) is 64.1 Å². The third-order valence-electron chi connectivity index (χ3n) is 2.41. The minimum atomic E-state index is 0.604. The van der Waals surface area contributed by atoms with Gasteiger partial charge in [0, 0.05) is 10.2 Å². The topological polar surface area (TPSA) is 35.2 Å². The molecule has 0 bridgehead atoms. The third-order valence-corrected chi connectivity index (χ3v) is 2.90. The molecule has 0 amide bonds. The molecule has 2 nitrogen and oxygen atoms in total. The van der Waals surface area contributed by atoms with Crippen molar-refractivity contribution in [3.8, 4) is 0 Å². The molecule has 2 aromatic carbocycles. The molecule has 0 unspecified atom stereocenters. The Balaban J connectivity index is 1.85. The molecule has 2 rings (SSSR count). The Kier molecular flexibility index (Phi) is 4.18. The highest BCUT2D eigenvalue weighted by Crippen LogP contribution is 2.13. The summed E-state index contributed by atoms with van der Waals surface area (Å²) in [7, 11) is 0. The summed E-state index contributed by atoms with van der Waals surface area (Å²) in [6, 6.07) is 15.9. The molecule has 0 spiro atoms. The lowest BCUT2D eigenvalue weighted by molar-refractivity contribution is 0.107. The Bertz CT molecular complexity index is 482. The van der Waals surface area contributed by atoms with Crippen LogP contribution in [0.25, 0.3) is 0 Å². The number of hydrogen-bond acceptors (Lipinski definition) is 2. The first-order valence-corrected chi connectivity index (χ1v) is 6.20. The standard InChI is InChI=1S/C14H14BrNO/c15-13-3-1-2-12(8-13)10-17-9-11-4-6-14(16)7-5-11/h1-8H,9-10,16H2. The van der Waals surface area contributed by atoms with Gasteiger partial charge in [0.1, 0.15) is 0 Å². The zero-order chi connectivity index (χ0) is 12.1. The van der Waals surface area contributed by atoms with Crippen molar-refractivity contribution in [3.63, 3.8) is 0 Å². The van der Waals surface area contributed by atoms with Crippen molar-refractivity contribution >= 4 is 21.6 Å². The van der Waals surface area contributed by atoms with Crippen molar-refractivity contribution in [1.29, 1.82) is 0 Å². The van der Waals surface area contributed by atoms with E-state index in [1.165, 1.54) is 0 Å². The van der Waals surface area contributed by atoms with Crippen molar-refractivity contribution in [2.75, 3.05) is 5.73 Å². The summed E-state index contributed by atoms with van der Waals surface area (Å²) in [5.74, 6) is 0. The fourth-order valence-electron chi connectivity index (χ4n) is 1.53. The van der Waals surface area contributed by atoms with Crippen LogP contribution < -0.4 is 5.73 Å². The normalized spacial score (nSPS) is 10.4. The molecule has 88 valence electrons. The van der Waals surface area contributed by atoms with E-state index < -0.39 is 0 Å². The molecule has 0 aromatic heterocycles. The molecule has 2 aromatic rings. The number of ether oxygens (including phenoxy) is 1. The van der Waals surface area contributed by atoms with Crippen LogP contribution in [-0.2, 0) is 18.0 Å². The first kappa shape index (κ1) is 12.1. The van der Waals surface area contributed by atoms with E-state index in [9.17, 15) is 0 Å². The number of rotatable bonds is 4. The van der Waals surface area contributed by atoms with Crippen molar-refractivity contribution < 1.29 is 4.74 Å². The number of halogens is 1. The van der Waals surface area contributed by atoms with Crippen molar-refractivity contribution in [1.82, 2.24) is 0 Å². The zero-order valence-corrected chi connectivity index (χ0v) is 11.0. The fraction of sp³-hybridized carbons (Fsp3) is 0.143. The second kappa shape index (κ2) is 5.84. The van der Waals surface area contributed by atoms with Gasteiger partial charge < -0.3 is 10.5 Å². The average Bonchev–Trinajstić information content (AvgIpc) is 2.32. The summed E-state index contributed by atoms with van der Waals surface area (Å²) in [6.07, 6.45) is 0. The Morgan fingerprint density at radius 2 is 1.65 bits per heavy atom. The minimum Gasteiger partial charge on any atom is -0.399 e. The predicted molar refractivity (Wildman–Crippen MR) is 73.5 cm³/mol. The number of hydrogen-bond donors (Lipinski definition) is 1. The van der Waals surface area contributed by atoms with Crippen LogP contribution in [0.3, 0.4) is 0 Å². The summed E-state index contributed by atoms with van der Waals surface area (Å²) in [5, 5.41) is 0. The molecule has 0 radical (unpaired) electrons. The molecule has 0 aliphatic rings. The quantitative estimate of drug-likeness (QED) is 0.871. The third kappa shape index (κ3) is 3.88. The summed E-state index contributed by atoms with van der Waals surface area (Å²) in [5.41, 5.74) is 8.69. The largest absolute Gasteiger partial charge is 0.399 e. The number of nitrogen functional groups attached to an aromatic ring is 1. The van der Waals surface area contributed by atoms with Gasteiger partial charge in [0.2, 0.25) is 0 Å². The van der Waals surface area contributed by atoms with E-state index in [0.717, 1.165) is 21.3 Å². The van der Waals surface area contributed by atoms with Crippen LogP contribution in [0.5, 0.6) is 0 Å². The van der Waals surface area contributed by atoms with Crippen molar-refractivity contribution in [2.24, 2.45) is 0 Å². The molecule has 2 N–H and O–H groups in total. The smallest absolute Gasteiger partial charge is 0.0721 e. The van der Waals surface area contributed by atoms with E-state index in [1.54, 1.807) is 0 Å². The molecule has 0 aliphatic carbocycles. The van der Waals surface area contributed by atoms with Crippen LogP contribution in [0, 0.1) is 0 Å². The number of nitrogens with two attached hydrogens (primary N) is 1. The second-order valence-corrected chi connectivity index (χ2v) is 4.78. The minimum absolute atomic E-state index is 0.604. The summed E-state index contributed by atoms with van der Waals surface area (Å²) >= 11 is 3.44. The Hall–Kier alpha value is -1.32. The first-order valence-electron chi connectivity index (χ1n) is 5.40. The maximum Gasteiger partial charge on any atom is 0.0721 e. The average molecular weight is 292 g/mol. The lowest BCUT2D eigenvalue weighted by Gasteiger charge is -2.05. The lowest BCUT2D eigenvalue weighted by Crippen LogP contribution is -1.94. The van der Waals surface area contributed by atoms with Gasteiger partial charge in [0.25, 0.3) is 0 Å². The van der Waals surface area contributed by atoms with Gasteiger partial charge in [-0.3, -0.25) is 0 Å². The molecule has 0 saturated heterocycles. The maximum atomic E-state index is 5.64. The lowest BCUT2D eigenvalue weighted by atomic mass is 10.2. The van der Waals surface area contributed by atoms with E-state index in [1.807, 2.05) is 42.5 Å². The SMILES string of the molecule is Nc1ccc(COCc2cccc(Br)c2)cc1. The molecule has 0 saturated carbocycles. The number of benzene rings is 2. The van der Waals surface area contributed by atoms with Gasteiger partial charge in [-0.15, -0.1) is 0 Å². The molecule has 0 atom stereocenters. The van der Waals surface area contributed by atoms with E-state index in [0.29, 0.717) is 13.2 Å². The van der Waals surface area contributed by atoms with E-state index >= 15 is 0 Å². The van der Waals surface area contributed by atoms with Crippen LogP contribution in [0.15, 0.2) is 53.0 Å². The van der Waals surface area contributed by atoms with E-state index in [2.05, 4.69) is 22.0 Å². The van der Waals surface area contributed by atoms with Gasteiger partial charge in [-0.1, -0.05) is 40.2 Å². The van der Waals surface area contributed by atoms with E-state index in [-0.39, 0.29) is 0 Å². The summed E-state index contributed by atoms with van der Waals surface area (Å²) in [4.78, 5) is 0. The van der Waals surface area contributed by atoms with E-state index in [4.69, 9.17) is 10.5 Å². The van der Waals surface area contributed by atoms with Gasteiger partial charge >= 0.3 is 0 Å². The molecule has 0 heterocycles. The molecule has 0 fully saturated rings. The van der Waals surface area contributed by atoms with Gasteiger partial charge in [-0.25, -0.2) is 0 Å². The fourth-order valence-corrected chi connectivity index (χ4v) is 1.97. The molecular formula is C14H14BrNO. The number of anilines is 1. The second-order valence-electron chi connectivity index (χ2n) is 3.86. The van der Waals surface area contributed by atoms with Crippen LogP contribution in [-0.4, -0.2) is 0 Å². The first-order chi connectivity index (χ1) is 8.24. The highest BCUT2D eigenvalue weighted by atomic mass is 79.9. The Labute approximate surface area is 110 Å². The Morgan fingerprint density at radius 1 is 0.941 bits per heavy atom. The maximum absolute atomic E-state index is 5.64. The highest BCUT2D eigenvalue weighted by molar-refractivity contribution is 9.10. The van der Waals surface area contributed by atoms with Gasteiger partial charge in [0.05, 0.1) is 13.2 Å². The van der Waals surface area contributed by atoms with Crippen molar-refractivity contribution in [2.45, 2.75) is 13.2 Å². The Morgan fingerprint density at radius 3 is 2.35 bits per heavy atom. The molecule has 17 heavy (non-hydrogen) atoms. The van der Waals surface area contributed by atoms with Gasteiger partial charge in [-0.05, 0) is 35.4 Å². The van der Waals surface area contributed by atoms with Crippen LogP contribution in [0.4, 0.5) is 5.69 Å². The zero-order valence-electron chi connectivity index (χ0n) is 9.40. The predicted octanol–water partition coefficient (Wildman–Crippen LogP) is 3.75. The van der Waals surface area contributed by atoms with Crippen LogP contribution in [0.2, 0.25) is 0 Å². The molecule has 3 heteroatoms. The highest BCUT2D eigenvalue weighted by Gasteiger charge is 1.96. The summed E-state index contributed by atoms with van der Waals surface area (Å²) in [6.45, 7) is 1.22. The van der Waals surface area contributed by atoms with Crippen LogP contribution >= 0.6 is 15.9 Å². The van der Waals surface area contributed by atoms with Gasteiger partial charge in [-0.2, -0.15) is 0 Å². The molecular weight excluding hydrogens is 278 g/mol. The van der Waals surface area contributed by atoms with Crippen LogP contribution in [0.1, 0.15) is 11.1 Å². The monoisotopic (exact) mass is 291 g/mol.